The first-order valence-corrected chi connectivity index (χ1v) is 11.5. The molecule has 1 saturated heterocycles. The molecule has 1 amide bonds. The summed E-state index contributed by atoms with van der Waals surface area (Å²) in [5.74, 6) is 0.510. The number of amides is 1. The van der Waals surface area contributed by atoms with Crippen molar-refractivity contribution in [1.29, 1.82) is 0 Å². The minimum atomic E-state index is -0.310. The molecule has 1 atom stereocenters. The van der Waals surface area contributed by atoms with Crippen molar-refractivity contribution in [2.75, 3.05) is 6.54 Å². The van der Waals surface area contributed by atoms with E-state index in [1.165, 1.54) is 12.1 Å². The van der Waals surface area contributed by atoms with Crippen LogP contribution in [0.3, 0.4) is 0 Å². The number of aryl methyl sites for hydroxylation is 1. The van der Waals surface area contributed by atoms with Crippen LogP contribution in [0.1, 0.15) is 48.0 Å². The number of hydrogen-bond donors (Lipinski definition) is 0. The predicted molar refractivity (Wildman–Crippen MR) is 126 cm³/mol. The fraction of sp³-hybridized carbons (Fsp3) is 0.308. The minimum Gasteiger partial charge on any atom is -0.420 e. The van der Waals surface area contributed by atoms with Gasteiger partial charge in [0.15, 0.2) is 5.69 Å². The van der Waals surface area contributed by atoms with Crippen molar-refractivity contribution in [2.45, 2.75) is 46.1 Å². The Morgan fingerprint density at radius 1 is 1.03 bits per heavy atom. The molecule has 0 unspecified atom stereocenters. The fourth-order valence-electron chi connectivity index (χ4n) is 4.54. The van der Waals surface area contributed by atoms with Crippen molar-refractivity contribution < 1.29 is 13.6 Å². The van der Waals surface area contributed by atoms with Crippen LogP contribution in [0.5, 0.6) is 0 Å². The largest absolute Gasteiger partial charge is 0.420 e. The lowest BCUT2D eigenvalue weighted by Gasteiger charge is -2.33. The number of halogens is 1. The second-order valence-corrected chi connectivity index (χ2v) is 8.76. The molecule has 3 heterocycles. The van der Waals surface area contributed by atoms with Gasteiger partial charge in [0.05, 0.1) is 11.4 Å². The summed E-state index contributed by atoms with van der Waals surface area (Å²) in [6.45, 7) is 6.55. The van der Waals surface area contributed by atoms with Crippen LogP contribution in [-0.4, -0.2) is 43.4 Å². The average molecular weight is 460 g/mol. The maximum atomic E-state index is 13.6. The van der Waals surface area contributed by atoms with Gasteiger partial charge in [-0.3, -0.25) is 4.79 Å². The monoisotopic (exact) mass is 459 g/mol. The van der Waals surface area contributed by atoms with Crippen molar-refractivity contribution in [2.24, 2.45) is 0 Å². The number of rotatable bonds is 4. The number of likely N-dealkylation sites (tertiary alicyclic amines) is 1. The highest BCUT2D eigenvalue weighted by Crippen LogP contribution is 2.33. The van der Waals surface area contributed by atoms with Gasteiger partial charge in [0, 0.05) is 36.2 Å². The van der Waals surface area contributed by atoms with Gasteiger partial charge in [-0.2, -0.15) is 5.10 Å². The third-order valence-corrected chi connectivity index (χ3v) is 6.39. The summed E-state index contributed by atoms with van der Waals surface area (Å²) < 4.78 is 21.0. The summed E-state index contributed by atoms with van der Waals surface area (Å²) in [6.07, 6.45) is 3.24. The van der Waals surface area contributed by atoms with Crippen LogP contribution >= 0.6 is 0 Å². The fourth-order valence-corrected chi connectivity index (χ4v) is 4.54. The number of benzene rings is 2. The first kappa shape index (κ1) is 22.0. The standard InChI is InChI=1S/C26H26FN5O2/c1-16-6-4-5-15-31(16)26(33)20-9-13-22(14-10-20)32-24(19-7-11-21(27)12-8-19)17(2)23(30-32)25-29-28-18(3)34-25/h7-14,16H,4-6,15H2,1-3H3/t16-/m1/s1. The Morgan fingerprint density at radius 3 is 2.41 bits per heavy atom. The third-order valence-electron chi connectivity index (χ3n) is 6.39. The van der Waals surface area contributed by atoms with E-state index in [4.69, 9.17) is 9.52 Å². The molecule has 0 aliphatic carbocycles. The molecule has 0 bridgehead atoms. The molecule has 0 spiro atoms. The molecule has 34 heavy (non-hydrogen) atoms. The molecule has 0 saturated carbocycles. The summed E-state index contributed by atoms with van der Waals surface area (Å²) >= 11 is 0. The SMILES string of the molecule is Cc1nnc(-c2nn(-c3ccc(C(=O)N4CCCC[C@H]4C)cc3)c(-c3ccc(F)cc3)c2C)o1. The van der Waals surface area contributed by atoms with E-state index in [9.17, 15) is 9.18 Å². The van der Waals surface area contributed by atoms with Crippen LogP contribution in [0.15, 0.2) is 52.9 Å². The first-order valence-electron chi connectivity index (χ1n) is 11.5. The van der Waals surface area contributed by atoms with E-state index in [1.54, 1.807) is 23.7 Å². The van der Waals surface area contributed by atoms with E-state index in [0.29, 0.717) is 23.0 Å². The van der Waals surface area contributed by atoms with E-state index >= 15 is 0 Å². The molecule has 1 aliphatic rings. The lowest BCUT2D eigenvalue weighted by atomic mass is 10.0. The highest BCUT2D eigenvalue weighted by molar-refractivity contribution is 5.94. The molecule has 0 N–H and O–H groups in total. The molecule has 174 valence electrons. The van der Waals surface area contributed by atoms with Crippen molar-refractivity contribution in [3.63, 3.8) is 0 Å². The Kier molecular flexibility index (Phi) is 5.73. The summed E-state index contributed by atoms with van der Waals surface area (Å²) in [6, 6.07) is 14.0. The number of nitrogens with zero attached hydrogens (tertiary/aromatic N) is 5. The number of piperidine rings is 1. The molecule has 1 aliphatic heterocycles. The highest BCUT2D eigenvalue weighted by atomic mass is 19.1. The molecular formula is C26H26FN5O2. The maximum absolute atomic E-state index is 13.6. The predicted octanol–water partition coefficient (Wildman–Crippen LogP) is 5.36. The van der Waals surface area contributed by atoms with Gasteiger partial charge in [-0.05, 0) is 81.6 Å². The van der Waals surface area contributed by atoms with E-state index in [1.807, 2.05) is 36.1 Å². The molecule has 2 aromatic heterocycles. The summed E-state index contributed by atoms with van der Waals surface area (Å²) in [4.78, 5) is 15.0. The van der Waals surface area contributed by atoms with Gasteiger partial charge in [-0.1, -0.05) is 0 Å². The van der Waals surface area contributed by atoms with E-state index in [2.05, 4.69) is 17.1 Å². The Morgan fingerprint density at radius 2 is 1.76 bits per heavy atom. The summed E-state index contributed by atoms with van der Waals surface area (Å²) in [7, 11) is 0. The van der Waals surface area contributed by atoms with Gasteiger partial charge >= 0.3 is 0 Å². The maximum Gasteiger partial charge on any atom is 0.268 e. The quantitative estimate of drug-likeness (QED) is 0.411. The number of aromatic nitrogens is 4. The zero-order valence-electron chi connectivity index (χ0n) is 19.5. The van der Waals surface area contributed by atoms with Crippen LogP contribution in [0.4, 0.5) is 4.39 Å². The lowest BCUT2D eigenvalue weighted by molar-refractivity contribution is 0.0635. The van der Waals surface area contributed by atoms with Gasteiger partial charge in [-0.15, -0.1) is 10.2 Å². The zero-order chi connectivity index (χ0) is 23.8. The van der Waals surface area contributed by atoms with Gasteiger partial charge < -0.3 is 9.32 Å². The topological polar surface area (TPSA) is 77.1 Å². The molecular weight excluding hydrogens is 433 g/mol. The van der Waals surface area contributed by atoms with Crippen molar-refractivity contribution in [3.8, 4) is 28.5 Å². The zero-order valence-corrected chi connectivity index (χ0v) is 19.5. The molecule has 4 aromatic rings. The van der Waals surface area contributed by atoms with Gasteiger partial charge in [0.25, 0.3) is 11.8 Å². The van der Waals surface area contributed by atoms with Crippen LogP contribution < -0.4 is 0 Å². The lowest BCUT2D eigenvalue weighted by Crippen LogP contribution is -2.42. The molecule has 5 rings (SSSR count). The molecule has 0 radical (unpaired) electrons. The Balaban J connectivity index is 1.56. The van der Waals surface area contributed by atoms with Crippen molar-refractivity contribution in [3.05, 3.63) is 71.4 Å². The molecule has 8 heteroatoms. The first-order chi connectivity index (χ1) is 16.4. The summed E-state index contributed by atoms with van der Waals surface area (Å²) in [5, 5.41) is 12.8. The molecule has 2 aromatic carbocycles. The molecule has 7 nitrogen and oxygen atoms in total. The Hall–Kier alpha value is -3.81. The molecule has 1 fully saturated rings. The normalized spacial score (nSPS) is 16.1. The van der Waals surface area contributed by atoms with Crippen molar-refractivity contribution in [1.82, 2.24) is 24.9 Å². The third kappa shape index (κ3) is 4.00. The smallest absolute Gasteiger partial charge is 0.268 e. The number of hydrogen-bond acceptors (Lipinski definition) is 5. The summed E-state index contributed by atoms with van der Waals surface area (Å²) in [5.41, 5.74) is 4.40. The number of carbonyl (C=O) groups is 1. The van der Waals surface area contributed by atoms with Gasteiger partial charge in [0.2, 0.25) is 5.89 Å². The van der Waals surface area contributed by atoms with Crippen molar-refractivity contribution >= 4 is 5.91 Å². The van der Waals surface area contributed by atoms with Crippen LogP contribution in [0.2, 0.25) is 0 Å². The van der Waals surface area contributed by atoms with Crippen LogP contribution in [0.25, 0.3) is 28.5 Å². The second-order valence-electron chi connectivity index (χ2n) is 8.76. The Labute approximate surface area is 197 Å². The highest BCUT2D eigenvalue weighted by Gasteiger charge is 2.25. The van der Waals surface area contributed by atoms with E-state index in [0.717, 1.165) is 48.3 Å². The van der Waals surface area contributed by atoms with Crippen LogP contribution in [-0.2, 0) is 0 Å². The van der Waals surface area contributed by atoms with Crippen LogP contribution in [0, 0.1) is 19.7 Å². The number of carbonyl (C=O) groups excluding carboxylic acids is 1. The van der Waals surface area contributed by atoms with Gasteiger partial charge in [-0.25, -0.2) is 9.07 Å². The van der Waals surface area contributed by atoms with E-state index < -0.39 is 0 Å². The minimum absolute atomic E-state index is 0.0520. The average Bonchev–Trinajstić information content (AvgIpc) is 3.42. The Bertz CT molecular complexity index is 1320. The van der Waals surface area contributed by atoms with Gasteiger partial charge in [0.1, 0.15) is 5.82 Å². The van der Waals surface area contributed by atoms with E-state index in [-0.39, 0.29) is 17.8 Å². The second kappa shape index (κ2) is 8.85.